The third kappa shape index (κ3) is 5.50. The number of amides is 2. The van der Waals surface area contributed by atoms with Crippen molar-refractivity contribution < 1.29 is 29.0 Å². The first-order valence-electron chi connectivity index (χ1n) is 14.7. The largest absolute Gasteiger partial charge is 0.496 e. The minimum absolute atomic E-state index is 0.0403. The van der Waals surface area contributed by atoms with Crippen molar-refractivity contribution in [3.63, 3.8) is 0 Å². The second-order valence-electron chi connectivity index (χ2n) is 12.9. The Labute approximate surface area is 236 Å². The molecule has 0 aliphatic heterocycles. The van der Waals surface area contributed by atoms with Gasteiger partial charge in [-0.1, -0.05) is 6.92 Å². The number of methoxy groups -OCH3 is 1. The van der Waals surface area contributed by atoms with Crippen molar-refractivity contribution in [2.24, 2.45) is 35.0 Å². The van der Waals surface area contributed by atoms with Gasteiger partial charge < -0.3 is 25.2 Å². The van der Waals surface area contributed by atoms with Crippen molar-refractivity contribution in [3.05, 3.63) is 23.3 Å². The minimum Gasteiger partial charge on any atom is -0.496 e. The van der Waals surface area contributed by atoms with Crippen LogP contribution in [0.4, 0.5) is 0 Å². The van der Waals surface area contributed by atoms with Crippen LogP contribution in [0.15, 0.2) is 12.1 Å². The highest BCUT2D eigenvalue weighted by molar-refractivity contribution is 5.98. The zero-order valence-corrected chi connectivity index (χ0v) is 23.7. The van der Waals surface area contributed by atoms with E-state index in [0.717, 1.165) is 38.0 Å². The maximum Gasteiger partial charge on any atom is 0.309 e. The lowest BCUT2D eigenvalue weighted by Gasteiger charge is -2.35. The molecular weight excluding hydrogens is 510 g/mol. The van der Waals surface area contributed by atoms with Crippen LogP contribution in [0.5, 0.6) is 11.5 Å². The second-order valence-corrected chi connectivity index (χ2v) is 12.9. The Hall–Kier alpha value is -3.28. The molecule has 9 heteroatoms. The van der Waals surface area contributed by atoms with Crippen LogP contribution in [0.3, 0.4) is 0 Å². The SMILES string of the molecule is COc1cc(C#N)c(OC2CCC(C)(C(=O)O)CC2)cc1C(=O)N[C@@H]1[C@H]2CC[C@H](C2)[C@@H]1C(=O)NCC1CC(C)C1. The molecule has 4 fully saturated rings. The number of carboxylic acids is 1. The third-order valence-electron chi connectivity index (χ3n) is 10.1. The summed E-state index contributed by atoms with van der Waals surface area (Å²) in [6.07, 6.45) is 7.05. The highest BCUT2D eigenvalue weighted by atomic mass is 16.5. The van der Waals surface area contributed by atoms with Gasteiger partial charge >= 0.3 is 5.97 Å². The average molecular weight is 552 g/mol. The molecule has 40 heavy (non-hydrogen) atoms. The van der Waals surface area contributed by atoms with E-state index < -0.39 is 11.4 Å². The standard InChI is InChI=1S/C31H41N3O6/c1-17-10-18(11-17)16-33-29(36)26-19-4-5-20(12-19)27(26)34-28(35)23-14-24(21(15-32)13-25(23)39-3)40-22-6-8-31(2,9-7-22)30(37)38/h13-14,17-20,22,26-27H,4-12,16H2,1-3H3,(H,33,36)(H,34,35)(H,37,38)/t17?,18?,19-,20+,22?,26+,27-,31?/m1/s1. The number of aliphatic carboxylic acids is 1. The zero-order chi connectivity index (χ0) is 28.6. The number of benzene rings is 1. The molecule has 3 N–H and O–H groups in total. The molecule has 2 bridgehead atoms. The topological polar surface area (TPSA) is 138 Å². The van der Waals surface area contributed by atoms with Gasteiger partial charge in [0.15, 0.2) is 0 Å². The summed E-state index contributed by atoms with van der Waals surface area (Å²) >= 11 is 0. The van der Waals surface area contributed by atoms with Gasteiger partial charge in [0.25, 0.3) is 5.91 Å². The Morgan fingerprint density at radius 2 is 1.77 bits per heavy atom. The molecule has 0 radical (unpaired) electrons. The molecule has 5 rings (SSSR count). The number of carboxylic acid groups (broad SMARTS) is 1. The molecule has 9 nitrogen and oxygen atoms in total. The zero-order valence-electron chi connectivity index (χ0n) is 23.7. The van der Waals surface area contributed by atoms with E-state index in [4.69, 9.17) is 9.47 Å². The van der Waals surface area contributed by atoms with Gasteiger partial charge in [-0.3, -0.25) is 14.4 Å². The molecule has 216 valence electrons. The number of fused-ring (bicyclic) bond motifs is 2. The van der Waals surface area contributed by atoms with Gasteiger partial charge in [-0.25, -0.2) is 0 Å². The molecular formula is C31H41N3O6. The molecule has 4 aliphatic rings. The lowest BCUT2D eigenvalue weighted by Crippen LogP contribution is -2.50. The van der Waals surface area contributed by atoms with Gasteiger partial charge in [0, 0.05) is 18.7 Å². The first-order chi connectivity index (χ1) is 19.1. The molecule has 0 unspecified atom stereocenters. The first-order valence-corrected chi connectivity index (χ1v) is 14.7. The van der Waals surface area contributed by atoms with E-state index >= 15 is 0 Å². The monoisotopic (exact) mass is 551 g/mol. The summed E-state index contributed by atoms with van der Waals surface area (Å²) < 4.78 is 11.7. The summed E-state index contributed by atoms with van der Waals surface area (Å²) in [6, 6.07) is 4.95. The summed E-state index contributed by atoms with van der Waals surface area (Å²) in [6.45, 7) is 4.69. The maximum atomic E-state index is 13.7. The van der Waals surface area contributed by atoms with E-state index in [0.29, 0.717) is 38.1 Å². The number of nitrogens with one attached hydrogen (secondary N) is 2. The fourth-order valence-corrected chi connectivity index (χ4v) is 7.53. The van der Waals surface area contributed by atoms with Crippen LogP contribution in [0.2, 0.25) is 0 Å². The summed E-state index contributed by atoms with van der Waals surface area (Å²) in [5.41, 5.74) is -0.265. The van der Waals surface area contributed by atoms with Crippen molar-refractivity contribution in [1.29, 1.82) is 5.26 Å². The number of carbonyl (C=O) groups excluding carboxylic acids is 2. The Kier molecular flexibility index (Phi) is 7.98. The number of hydrogen-bond acceptors (Lipinski definition) is 6. The second kappa shape index (κ2) is 11.3. The molecule has 1 aromatic carbocycles. The van der Waals surface area contributed by atoms with Crippen LogP contribution >= 0.6 is 0 Å². The highest BCUT2D eigenvalue weighted by Crippen LogP contribution is 2.49. The molecule has 0 saturated heterocycles. The number of nitrogens with zero attached hydrogens (tertiary/aromatic N) is 1. The number of carbonyl (C=O) groups is 3. The fourth-order valence-electron chi connectivity index (χ4n) is 7.53. The summed E-state index contributed by atoms with van der Waals surface area (Å²) in [5.74, 6) is 1.02. The highest BCUT2D eigenvalue weighted by Gasteiger charge is 2.51. The molecule has 4 atom stereocenters. The molecule has 4 aliphatic carbocycles. The number of rotatable bonds is 9. The minimum atomic E-state index is -0.808. The normalized spacial score (nSPS) is 34.3. The molecule has 4 saturated carbocycles. The van der Waals surface area contributed by atoms with Crippen molar-refractivity contribution >= 4 is 17.8 Å². The van der Waals surface area contributed by atoms with E-state index in [1.54, 1.807) is 13.0 Å². The third-order valence-corrected chi connectivity index (χ3v) is 10.1. The molecule has 2 amide bonds. The number of ether oxygens (including phenoxy) is 2. The summed E-state index contributed by atoms with van der Waals surface area (Å²) in [7, 11) is 1.46. The Balaban J connectivity index is 1.29. The van der Waals surface area contributed by atoms with Crippen LogP contribution < -0.4 is 20.1 Å². The molecule has 1 aromatic rings. The summed E-state index contributed by atoms with van der Waals surface area (Å²) in [5, 5.41) is 25.6. The van der Waals surface area contributed by atoms with Crippen LogP contribution in [0, 0.1) is 46.3 Å². The van der Waals surface area contributed by atoms with E-state index in [1.165, 1.54) is 13.2 Å². The van der Waals surface area contributed by atoms with E-state index in [2.05, 4.69) is 23.6 Å². The van der Waals surface area contributed by atoms with Crippen molar-refractivity contribution in [1.82, 2.24) is 10.6 Å². The van der Waals surface area contributed by atoms with Crippen LogP contribution in [0.1, 0.15) is 87.6 Å². The Morgan fingerprint density at radius 3 is 2.40 bits per heavy atom. The molecule has 0 heterocycles. The van der Waals surface area contributed by atoms with Crippen molar-refractivity contribution in [3.8, 4) is 17.6 Å². The van der Waals surface area contributed by atoms with Crippen LogP contribution in [-0.2, 0) is 9.59 Å². The lowest BCUT2D eigenvalue weighted by atomic mass is 9.75. The quantitative estimate of drug-likeness (QED) is 0.416. The van der Waals surface area contributed by atoms with Gasteiger partial charge in [0.2, 0.25) is 5.91 Å². The van der Waals surface area contributed by atoms with E-state index in [-0.39, 0.29) is 64.3 Å². The maximum absolute atomic E-state index is 13.7. The van der Waals surface area contributed by atoms with Gasteiger partial charge in [-0.15, -0.1) is 0 Å². The van der Waals surface area contributed by atoms with Gasteiger partial charge in [-0.2, -0.15) is 5.26 Å². The first kappa shape index (κ1) is 28.3. The predicted octanol–water partition coefficient (Wildman–Crippen LogP) is 4.29. The van der Waals surface area contributed by atoms with Gasteiger partial charge in [-0.05, 0) is 94.4 Å². The number of hydrogen-bond donors (Lipinski definition) is 3. The van der Waals surface area contributed by atoms with Crippen LogP contribution in [0.25, 0.3) is 0 Å². The Morgan fingerprint density at radius 1 is 1.07 bits per heavy atom. The fraction of sp³-hybridized carbons (Fsp3) is 0.677. The van der Waals surface area contributed by atoms with E-state index in [9.17, 15) is 24.8 Å². The molecule has 0 aromatic heterocycles. The predicted molar refractivity (Wildman–Crippen MR) is 147 cm³/mol. The Bertz CT molecular complexity index is 1190. The van der Waals surface area contributed by atoms with Gasteiger partial charge in [0.1, 0.15) is 17.6 Å². The van der Waals surface area contributed by atoms with Gasteiger partial charge in [0.05, 0.1) is 35.7 Å². The van der Waals surface area contributed by atoms with Crippen molar-refractivity contribution in [2.45, 2.75) is 83.8 Å². The average Bonchev–Trinajstić information content (AvgIpc) is 3.53. The summed E-state index contributed by atoms with van der Waals surface area (Å²) in [4.78, 5) is 38.6. The number of nitriles is 1. The van der Waals surface area contributed by atoms with Crippen molar-refractivity contribution in [2.75, 3.05) is 13.7 Å². The lowest BCUT2D eigenvalue weighted by molar-refractivity contribution is -0.150. The molecule has 0 spiro atoms. The van der Waals surface area contributed by atoms with E-state index in [1.807, 2.05) is 0 Å². The smallest absolute Gasteiger partial charge is 0.309 e. The van der Waals surface area contributed by atoms with Crippen LogP contribution in [-0.4, -0.2) is 48.7 Å².